The van der Waals surface area contributed by atoms with Crippen LogP contribution < -0.4 is 0 Å². The highest BCUT2D eigenvalue weighted by Gasteiger charge is 2.16. The molecule has 9 aromatic carbocycles. The van der Waals surface area contributed by atoms with Crippen LogP contribution in [0.25, 0.3) is 111 Å². The Labute approximate surface area is 361 Å². The maximum Gasteiger partial charge on any atom is 0.160 e. The Hall–Kier alpha value is -8.27. The normalized spacial score (nSPS) is 11.2. The van der Waals surface area contributed by atoms with E-state index in [1.54, 1.807) is 0 Å². The molecule has 0 saturated heterocycles. The van der Waals surface area contributed by atoms with Gasteiger partial charge < -0.3 is 0 Å². The van der Waals surface area contributed by atoms with Crippen molar-refractivity contribution in [2.24, 2.45) is 0 Å². The standard InChI is InChI=1S/C59H39N3/c1-5-16-40(17-6-1)45-24-13-27-49(34-45)56-39-57(62-59(61-56)51-29-15-25-46(36-51)41-18-7-2-8-19-41)50-28-14-26-47(35-50)48-31-30-43-32-33-54-58(52(43)37-48)53(42-20-9-3-10-21-42)38-55(60-54)44-22-11-4-12-23-44/h1-39H. The summed E-state index contributed by atoms with van der Waals surface area (Å²) in [5, 5.41) is 3.48. The van der Waals surface area contributed by atoms with Gasteiger partial charge in [0.25, 0.3) is 0 Å². The number of aromatic nitrogens is 3. The molecule has 0 aliphatic heterocycles. The third kappa shape index (κ3) is 7.23. The summed E-state index contributed by atoms with van der Waals surface area (Å²) in [6.07, 6.45) is 0. The van der Waals surface area contributed by atoms with Gasteiger partial charge in [-0.25, -0.2) is 15.0 Å². The molecular weight excluding hydrogens is 751 g/mol. The first-order valence-electron chi connectivity index (χ1n) is 21.0. The minimum absolute atomic E-state index is 0.679. The van der Waals surface area contributed by atoms with Crippen LogP contribution >= 0.6 is 0 Å². The summed E-state index contributed by atoms with van der Waals surface area (Å²) in [4.78, 5) is 15.8. The summed E-state index contributed by atoms with van der Waals surface area (Å²) >= 11 is 0. The largest absolute Gasteiger partial charge is 0.248 e. The van der Waals surface area contributed by atoms with Crippen molar-refractivity contribution in [2.75, 3.05) is 0 Å². The molecule has 0 unspecified atom stereocenters. The first-order valence-corrected chi connectivity index (χ1v) is 21.0. The molecule has 3 heteroatoms. The highest BCUT2D eigenvalue weighted by Crippen LogP contribution is 2.39. The Balaban J connectivity index is 1.05. The van der Waals surface area contributed by atoms with Crippen molar-refractivity contribution in [1.82, 2.24) is 15.0 Å². The number of hydrogen-bond acceptors (Lipinski definition) is 3. The fourth-order valence-corrected chi connectivity index (χ4v) is 8.52. The van der Waals surface area contributed by atoms with Crippen molar-refractivity contribution in [2.45, 2.75) is 0 Å². The molecule has 0 aliphatic carbocycles. The van der Waals surface area contributed by atoms with Crippen LogP contribution in [-0.2, 0) is 0 Å². The van der Waals surface area contributed by atoms with E-state index in [1.165, 1.54) is 21.9 Å². The van der Waals surface area contributed by atoms with Gasteiger partial charge in [-0.05, 0) is 97.7 Å². The molecule has 2 aromatic heterocycles. The van der Waals surface area contributed by atoms with E-state index in [0.29, 0.717) is 5.82 Å². The van der Waals surface area contributed by atoms with Crippen LogP contribution in [0.5, 0.6) is 0 Å². The van der Waals surface area contributed by atoms with E-state index in [0.717, 1.165) is 83.6 Å². The maximum absolute atomic E-state index is 5.30. The monoisotopic (exact) mass is 789 g/mol. The van der Waals surface area contributed by atoms with E-state index in [-0.39, 0.29) is 0 Å². The second-order valence-corrected chi connectivity index (χ2v) is 15.6. The lowest BCUT2D eigenvalue weighted by atomic mass is 9.92. The van der Waals surface area contributed by atoms with Crippen LogP contribution in [0.3, 0.4) is 0 Å². The average molecular weight is 790 g/mol. The summed E-state index contributed by atoms with van der Waals surface area (Å²) in [5.74, 6) is 0.679. The topological polar surface area (TPSA) is 38.7 Å². The summed E-state index contributed by atoms with van der Waals surface area (Å²) in [6.45, 7) is 0. The van der Waals surface area contributed by atoms with Crippen LogP contribution in [0.1, 0.15) is 0 Å². The third-order valence-corrected chi connectivity index (χ3v) is 11.7. The molecule has 62 heavy (non-hydrogen) atoms. The fourth-order valence-electron chi connectivity index (χ4n) is 8.52. The van der Waals surface area contributed by atoms with Crippen LogP contribution in [0.4, 0.5) is 0 Å². The first-order chi connectivity index (χ1) is 30.7. The molecule has 0 amide bonds. The Morgan fingerprint density at radius 3 is 1.24 bits per heavy atom. The summed E-state index contributed by atoms with van der Waals surface area (Å²) in [7, 11) is 0. The van der Waals surface area contributed by atoms with Crippen LogP contribution in [-0.4, -0.2) is 15.0 Å². The van der Waals surface area contributed by atoms with Gasteiger partial charge >= 0.3 is 0 Å². The van der Waals surface area contributed by atoms with Gasteiger partial charge in [-0.15, -0.1) is 0 Å². The molecule has 11 aromatic rings. The van der Waals surface area contributed by atoms with E-state index < -0.39 is 0 Å². The maximum atomic E-state index is 5.30. The molecule has 0 fully saturated rings. The second-order valence-electron chi connectivity index (χ2n) is 15.6. The third-order valence-electron chi connectivity index (χ3n) is 11.7. The Bertz CT molecular complexity index is 3280. The number of benzene rings is 9. The minimum Gasteiger partial charge on any atom is -0.248 e. The molecule has 0 spiro atoms. The van der Waals surface area contributed by atoms with Crippen LogP contribution in [0.2, 0.25) is 0 Å². The molecule has 0 bridgehead atoms. The number of hydrogen-bond donors (Lipinski definition) is 0. The van der Waals surface area contributed by atoms with Gasteiger partial charge in [0.2, 0.25) is 0 Å². The lowest BCUT2D eigenvalue weighted by Crippen LogP contribution is -1.96. The Kier molecular flexibility index (Phi) is 9.53. The van der Waals surface area contributed by atoms with Crippen molar-refractivity contribution in [3.05, 3.63) is 237 Å². The molecule has 2 heterocycles. The van der Waals surface area contributed by atoms with Gasteiger partial charge in [-0.2, -0.15) is 0 Å². The predicted octanol–water partition coefficient (Wildman–Crippen LogP) is 15.5. The van der Waals surface area contributed by atoms with E-state index in [1.807, 2.05) is 12.1 Å². The van der Waals surface area contributed by atoms with E-state index in [9.17, 15) is 0 Å². The van der Waals surface area contributed by atoms with Crippen molar-refractivity contribution in [1.29, 1.82) is 0 Å². The average Bonchev–Trinajstić information content (AvgIpc) is 3.37. The van der Waals surface area contributed by atoms with Crippen molar-refractivity contribution >= 4 is 21.7 Å². The highest BCUT2D eigenvalue weighted by atomic mass is 14.9. The molecule has 0 radical (unpaired) electrons. The van der Waals surface area contributed by atoms with Crippen molar-refractivity contribution in [3.8, 4) is 89.7 Å². The first kappa shape index (κ1) is 36.8. The predicted molar refractivity (Wildman–Crippen MR) is 258 cm³/mol. The van der Waals surface area contributed by atoms with Gasteiger partial charge in [0.15, 0.2) is 5.82 Å². The van der Waals surface area contributed by atoms with Gasteiger partial charge in [-0.3, -0.25) is 0 Å². The SMILES string of the molecule is c1ccc(-c2cccc(-c3cc(-c4cccc(-c5ccc6ccc7nc(-c8ccccc8)cc(-c8ccccc8)c7c6c5)c4)nc(-c4cccc(-c5ccccc5)c4)n3)c2)cc1. The molecule has 11 rings (SSSR count). The minimum atomic E-state index is 0.679. The van der Waals surface area contributed by atoms with Gasteiger partial charge in [0.1, 0.15) is 0 Å². The van der Waals surface area contributed by atoms with E-state index in [2.05, 4.69) is 224 Å². The van der Waals surface area contributed by atoms with Gasteiger partial charge in [0.05, 0.1) is 22.6 Å². The molecule has 0 N–H and O–H groups in total. The summed E-state index contributed by atoms with van der Waals surface area (Å²) in [6, 6.07) is 83.5. The van der Waals surface area contributed by atoms with Gasteiger partial charge in [-0.1, -0.05) is 194 Å². The zero-order chi connectivity index (χ0) is 41.2. The van der Waals surface area contributed by atoms with E-state index >= 15 is 0 Å². The lowest BCUT2D eigenvalue weighted by Gasteiger charge is -2.14. The van der Waals surface area contributed by atoms with E-state index in [4.69, 9.17) is 15.0 Å². The van der Waals surface area contributed by atoms with Crippen molar-refractivity contribution < 1.29 is 0 Å². The Morgan fingerprint density at radius 2 is 0.661 bits per heavy atom. The fraction of sp³-hybridized carbons (Fsp3) is 0. The summed E-state index contributed by atoms with van der Waals surface area (Å²) < 4.78 is 0. The number of fused-ring (bicyclic) bond motifs is 3. The molecule has 0 saturated carbocycles. The zero-order valence-electron chi connectivity index (χ0n) is 33.9. The highest BCUT2D eigenvalue weighted by molar-refractivity contribution is 6.14. The number of nitrogens with zero attached hydrogens (tertiary/aromatic N) is 3. The Morgan fingerprint density at radius 1 is 0.242 bits per heavy atom. The molecule has 290 valence electrons. The molecule has 3 nitrogen and oxygen atoms in total. The van der Waals surface area contributed by atoms with Crippen LogP contribution in [0.15, 0.2) is 237 Å². The number of rotatable bonds is 8. The van der Waals surface area contributed by atoms with Gasteiger partial charge in [0, 0.05) is 27.6 Å². The smallest absolute Gasteiger partial charge is 0.160 e. The lowest BCUT2D eigenvalue weighted by molar-refractivity contribution is 1.18. The van der Waals surface area contributed by atoms with Crippen molar-refractivity contribution in [3.63, 3.8) is 0 Å². The quantitative estimate of drug-likeness (QED) is 0.144. The van der Waals surface area contributed by atoms with Crippen LogP contribution in [0, 0.1) is 0 Å². The second kappa shape index (κ2) is 16.1. The molecule has 0 atom stereocenters. The zero-order valence-corrected chi connectivity index (χ0v) is 33.9. The summed E-state index contributed by atoms with van der Waals surface area (Å²) in [5.41, 5.74) is 16.9. The number of pyridine rings is 1. The molecular formula is C59H39N3. The molecule has 0 aliphatic rings.